The molecule has 2 rings (SSSR count). The average molecular weight is 328 g/mol. The number of aliphatic hydroxyl groups excluding tert-OH is 2. The number of carbonyl (C=O) groups excluding carboxylic acids is 1. The minimum absolute atomic E-state index is 0.0865. The number of amides is 1. The van der Waals surface area contributed by atoms with Gasteiger partial charge < -0.3 is 20.3 Å². The summed E-state index contributed by atoms with van der Waals surface area (Å²) in [7, 11) is 0. The normalized spacial score (nSPS) is 25.0. The largest absolute Gasteiger partial charge is 0.394 e. The van der Waals surface area contributed by atoms with Gasteiger partial charge in [0.1, 0.15) is 12.2 Å². The van der Waals surface area contributed by atoms with Crippen molar-refractivity contribution in [3.8, 4) is 0 Å². The number of halogens is 1. The summed E-state index contributed by atoms with van der Waals surface area (Å²) >= 11 is 5.83. The molecule has 22 heavy (non-hydrogen) atoms. The molecule has 1 heterocycles. The maximum atomic E-state index is 11.9. The number of ether oxygens (including phenoxy) is 1. The minimum atomic E-state index is -0.862. The number of carbonyl (C=O) groups is 1. The number of aliphatic hydroxyl groups is 2. The van der Waals surface area contributed by atoms with E-state index >= 15 is 0 Å². The third-order valence-electron chi connectivity index (χ3n) is 3.86. The molecular weight excluding hydrogens is 306 g/mol. The molecule has 0 bridgehead atoms. The van der Waals surface area contributed by atoms with Crippen LogP contribution in [-0.2, 0) is 16.0 Å². The molecule has 1 aliphatic rings. The smallest absolute Gasteiger partial charge is 0.220 e. The van der Waals surface area contributed by atoms with Crippen molar-refractivity contribution in [1.29, 1.82) is 0 Å². The first-order valence-electron chi connectivity index (χ1n) is 7.54. The molecule has 0 aromatic heterocycles. The fraction of sp³-hybridized carbons (Fsp3) is 0.562. The van der Waals surface area contributed by atoms with Crippen LogP contribution in [0.25, 0.3) is 0 Å². The summed E-state index contributed by atoms with van der Waals surface area (Å²) in [4.78, 5) is 11.9. The van der Waals surface area contributed by atoms with E-state index in [0.717, 1.165) is 18.4 Å². The molecular formula is C16H22ClNO4. The maximum absolute atomic E-state index is 11.9. The first kappa shape index (κ1) is 17.2. The first-order valence-corrected chi connectivity index (χ1v) is 7.92. The lowest BCUT2D eigenvalue weighted by Gasteiger charge is -2.34. The second-order valence-electron chi connectivity index (χ2n) is 5.53. The van der Waals surface area contributed by atoms with Crippen molar-refractivity contribution in [2.45, 2.75) is 43.9 Å². The van der Waals surface area contributed by atoms with E-state index in [1.54, 1.807) is 0 Å². The Hall–Kier alpha value is -1.14. The van der Waals surface area contributed by atoms with E-state index in [4.69, 9.17) is 21.4 Å². The van der Waals surface area contributed by atoms with Crippen LogP contribution in [0.1, 0.15) is 24.8 Å². The van der Waals surface area contributed by atoms with Crippen molar-refractivity contribution in [1.82, 2.24) is 5.32 Å². The van der Waals surface area contributed by atoms with E-state index in [9.17, 15) is 9.90 Å². The fourth-order valence-corrected chi connectivity index (χ4v) is 2.70. The van der Waals surface area contributed by atoms with E-state index in [0.29, 0.717) is 24.5 Å². The van der Waals surface area contributed by atoms with Crippen molar-refractivity contribution in [3.05, 3.63) is 34.9 Å². The molecule has 1 aromatic carbocycles. The van der Waals surface area contributed by atoms with Crippen LogP contribution < -0.4 is 5.32 Å². The lowest BCUT2D eigenvalue weighted by Crippen LogP contribution is -2.54. The van der Waals surface area contributed by atoms with E-state index in [1.165, 1.54) is 0 Å². The summed E-state index contributed by atoms with van der Waals surface area (Å²) in [6, 6.07) is 7.23. The van der Waals surface area contributed by atoms with E-state index in [1.807, 2.05) is 24.3 Å². The number of benzene rings is 1. The number of rotatable bonds is 6. The topological polar surface area (TPSA) is 78.8 Å². The number of nitrogens with one attached hydrogen (secondary N) is 1. The van der Waals surface area contributed by atoms with Crippen molar-refractivity contribution in [2.24, 2.45) is 0 Å². The highest BCUT2D eigenvalue weighted by molar-refractivity contribution is 6.30. The van der Waals surface area contributed by atoms with Crippen LogP contribution in [0.2, 0.25) is 5.02 Å². The Morgan fingerprint density at radius 2 is 2.09 bits per heavy atom. The predicted molar refractivity (Wildman–Crippen MR) is 83.8 cm³/mol. The van der Waals surface area contributed by atoms with Gasteiger partial charge in [-0.05, 0) is 37.0 Å². The van der Waals surface area contributed by atoms with Crippen molar-refractivity contribution >= 4 is 17.5 Å². The van der Waals surface area contributed by atoms with E-state index in [-0.39, 0.29) is 18.6 Å². The van der Waals surface area contributed by atoms with Crippen molar-refractivity contribution < 1.29 is 19.7 Å². The molecule has 0 spiro atoms. The highest BCUT2D eigenvalue weighted by atomic mass is 35.5. The quantitative estimate of drug-likeness (QED) is 0.735. The minimum Gasteiger partial charge on any atom is -0.394 e. The predicted octanol–water partition coefficient (Wildman–Crippen LogP) is 1.29. The molecule has 6 heteroatoms. The van der Waals surface area contributed by atoms with Gasteiger partial charge in [-0.2, -0.15) is 0 Å². The van der Waals surface area contributed by atoms with Crippen molar-refractivity contribution in [2.75, 3.05) is 13.2 Å². The summed E-state index contributed by atoms with van der Waals surface area (Å²) in [5.74, 6) is -0.0865. The summed E-state index contributed by atoms with van der Waals surface area (Å²) in [6.07, 6.45) is 1.01. The zero-order valence-electron chi connectivity index (χ0n) is 12.4. The van der Waals surface area contributed by atoms with Crippen LogP contribution in [0.3, 0.4) is 0 Å². The molecule has 0 aliphatic carbocycles. The van der Waals surface area contributed by atoms with Crippen LogP contribution in [0, 0.1) is 0 Å². The van der Waals surface area contributed by atoms with Gasteiger partial charge in [0.25, 0.3) is 0 Å². The molecule has 0 radical (unpaired) electrons. The van der Waals surface area contributed by atoms with Gasteiger partial charge in [-0.1, -0.05) is 23.7 Å². The van der Waals surface area contributed by atoms with E-state index in [2.05, 4.69) is 5.32 Å². The molecule has 0 saturated carbocycles. The maximum Gasteiger partial charge on any atom is 0.220 e. The van der Waals surface area contributed by atoms with Gasteiger partial charge in [0.05, 0.1) is 12.6 Å². The van der Waals surface area contributed by atoms with Crippen molar-refractivity contribution in [3.63, 3.8) is 0 Å². The third-order valence-corrected chi connectivity index (χ3v) is 4.11. The summed E-state index contributed by atoms with van der Waals surface area (Å²) in [5, 5.41) is 22.6. The van der Waals surface area contributed by atoms with Crippen LogP contribution in [0.15, 0.2) is 24.3 Å². The molecule has 1 amide bonds. The lowest BCUT2D eigenvalue weighted by atomic mass is 9.99. The highest BCUT2D eigenvalue weighted by Crippen LogP contribution is 2.15. The van der Waals surface area contributed by atoms with Gasteiger partial charge in [-0.15, -0.1) is 0 Å². The SMILES string of the molecule is O=C(CCCc1ccc(Cl)cc1)N[C@H]1CCO[C@H](CO)[C@H]1O. The second-order valence-corrected chi connectivity index (χ2v) is 5.96. The van der Waals surface area contributed by atoms with E-state index < -0.39 is 12.2 Å². The molecule has 1 aromatic rings. The van der Waals surface area contributed by atoms with Crippen LogP contribution in [-0.4, -0.2) is 47.6 Å². The van der Waals surface area contributed by atoms with Crippen LogP contribution in [0.5, 0.6) is 0 Å². The van der Waals surface area contributed by atoms with Gasteiger partial charge in [0.2, 0.25) is 5.91 Å². The Balaban J connectivity index is 1.72. The van der Waals surface area contributed by atoms with Gasteiger partial charge in [0.15, 0.2) is 0 Å². The average Bonchev–Trinajstić information content (AvgIpc) is 2.51. The highest BCUT2D eigenvalue weighted by Gasteiger charge is 2.32. The molecule has 1 saturated heterocycles. The number of hydrogen-bond acceptors (Lipinski definition) is 4. The number of hydrogen-bond donors (Lipinski definition) is 3. The monoisotopic (exact) mass is 327 g/mol. The molecule has 122 valence electrons. The molecule has 3 N–H and O–H groups in total. The third kappa shape index (κ3) is 4.95. The standard InChI is InChI=1S/C16H22ClNO4/c17-12-6-4-11(5-7-12)2-1-3-15(20)18-13-8-9-22-14(10-19)16(13)21/h4-7,13-14,16,19,21H,1-3,8-10H2,(H,18,20)/t13-,14+,16-/m0/s1. The van der Waals surface area contributed by atoms with Gasteiger partial charge in [0, 0.05) is 18.1 Å². The van der Waals surface area contributed by atoms with Gasteiger partial charge in [-0.25, -0.2) is 0 Å². The molecule has 3 atom stereocenters. The summed E-state index contributed by atoms with van der Waals surface area (Å²) < 4.78 is 5.24. The Morgan fingerprint density at radius 1 is 1.36 bits per heavy atom. The Kier molecular flexibility index (Phi) is 6.64. The Labute approximate surface area is 135 Å². The summed E-state index contributed by atoms with van der Waals surface area (Å²) in [6.45, 7) is 0.183. The first-order chi connectivity index (χ1) is 10.6. The van der Waals surface area contributed by atoms with Crippen LogP contribution >= 0.6 is 11.6 Å². The zero-order valence-corrected chi connectivity index (χ0v) is 13.1. The van der Waals surface area contributed by atoms with Crippen LogP contribution in [0.4, 0.5) is 0 Å². The number of aryl methyl sites for hydroxylation is 1. The van der Waals surface area contributed by atoms with Gasteiger partial charge >= 0.3 is 0 Å². The summed E-state index contributed by atoms with van der Waals surface area (Å²) in [5.41, 5.74) is 1.14. The Morgan fingerprint density at radius 3 is 2.77 bits per heavy atom. The molecule has 1 aliphatic heterocycles. The van der Waals surface area contributed by atoms with Gasteiger partial charge in [-0.3, -0.25) is 4.79 Å². The Bertz CT molecular complexity index is 480. The molecule has 1 fully saturated rings. The molecule has 5 nitrogen and oxygen atoms in total. The molecule has 0 unspecified atom stereocenters. The zero-order chi connectivity index (χ0) is 15.9. The second kappa shape index (κ2) is 8.48. The lowest BCUT2D eigenvalue weighted by molar-refractivity contribution is -0.131. The fourth-order valence-electron chi connectivity index (χ4n) is 2.58.